The van der Waals surface area contributed by atoms with Gasteiger partial charge in [0.2, 0.25) is 5.91 Å². The van der Waals surface area contributed by atoms with E-state index < -0.39 is 0 Å². The minimum atomic E-state index is 0.163. The molecule has 1 aliphatic carbocycles. The van der Waals surface area contributed by atoms with Crippen LogP contribution in [0.5, 0.6) is 0 Å². The number of carbonyl (C=O) groups is 1. The molecule has 0 aliphatic heterocycles. The van der Waals surface area contributed by atoms with Gasteiger partial charge in [0.1, 0.15) is 0 Å². The number of halogens is 1. The van der Waals surface area contributed by atoms with E-state index in [4.69, 9.17) is 11.6 Å². The lowest BCUT2D eigenvalue weighted by atomic mass is 9.68. The number of hydrogen-bond acceptors (Lipinski definition) is 1. The zero-order chi connectivity index (χ0) is 11.5. The van der Waals surface area contributed by atoms with Gasteiger partial charge in [-0.25, -0.2) is 0 Å². The number of nitrogens with zero attached hydrogens (tertiary/aromatic N) is 1. The van der Waals surface area contributed by atoms with Crippen LogP contribution < -0.4 is 0 Å². The van der Waals surface area contributed by atoms with E-state index in [-0.39, 0.29) is 17.2 Å². The van der Waals surface area contributed by atoms with Crippen LogP contribution in [0.2, 0.25) is 0 Å². The van der Waals surface area contributed by atoms with Crippen LogP contribution in [0.3, 0.4) is 0 Å². The second-order valence-corrected chi connectivity index (χ2v) is 5.61. The summed E-state index contributed by atoms with van der Waals surface area (Å²) in [6, 6.07) is 0. The Balaban J connectivity index is 2.64. The molecule has 1 rings (SSSR count). The van der Waals surface area contributed by atoms with E-state index in [2.05, 4.69) is 13.8 Å². The number of carbonyl (C=O) groups excluding carboxylic acids is 1. The molecule has 0 bridgehead atoms. The van der Waals surface area contributed by atoms with Crippen molar-refractivity contribution in [1.82, 2.24) is 4.90 Å². The highest BCUT2D eigenvalue weighted by Gasteiger charge is 2.38. The SMILES string of the molecule is CN(CCCl)C(=O)C1CCCCC1(C)C. The summed E-state index contributed by atoms with van der Waals surface area (Å²) in [6.45, 7) is 5.08. The van der Waals surface area contributed by atoms with Crippen molar-refractivity contribution in [1.29, 1.82) is 0 Å². The highest BCUT2D eigenvalue weighted by atomic mass is 35.5. The van der Waals surface area contributed by atoms with Crippen LogP contribution in [-0.2, 0) is 4.79 Å². The lowest BCUT2D eigenvalue weighted by molar-refractivity contribution is -0.139. The van der Waals surface area contributed by atoms with E-state index in [1.807, 2.05) is 7.05 Å². The zero-order valence-corrected chi connectivity index (χ0v) is 10.8. The summed E-state index contributed by atoms with van der Waals surface area (Å²) in [7, 11) is 1.86. The van der Waals surface area contributed by atoms with Gasteiger partial charge in [0.05, 0.1) is 0 Å². The largest absolute Gasteiger partial charge is 0.344 e. The van der Waals surface area contributed by atoms with Crippen molar-refractivity contribution in [2.45, 2.75) is 39.5 Å². The molecule has 0 aromatic rings. The van der Waals surface area contributed by atoms with Crippen molar-refractivity contribution in [2.24, 2.45) is 11.3 Å². The second kappa shape index (κ2) is 5.20. The van der Waals surface area contributed by atoms with E-state index in [0.29, 0.717) is 12.4 Å². The van der Waals surface area contributed by atoms with Gasteiger partial charge >= 0.3 is 0 Å². The Morgan fingerprint density at radius 2 is 2.13 bits per heavy atom. The van der Waals surface area contributed by atoms with Crippen molar-refractivity contribution in [3.8, 4) is 0 Å². The topological polar surface area (TPSA) is 20.3 Å². The molecule has 0 radical (unpaired) electrons. The van der Waals surface area contributed by atoms with E-state index in [9.17, 15) is 4.79 Å². The average Bonchev–Trinajstić information content (AvgIpc) is 2.16. The molecule has 2 nitrogen and oxygen atoms in total. The first-order valence-electron chi connectivity index (χ1n) is 5.80. The maximum atomic E-state index is 12.2. The molecular formula is C12H22ClNO. The molecule has 1 atom stereocenters. The maximum Gasteiger partial charge on any atom is 0.225 e. The molecule has 88 valence electrons. The van der Waals surface area contributed by atoms with Gasteiger partial charge in [-0.3, -0.25) is 4.79 Å². The van der Waals surface area contributed by atoms with Gasteiger partial charge in [0.25, 0.3) is 0 Å². The Morgan fingerprint density at radius 1 is 1.47 bits per heavy atom. The molecule has 0 heterocycles. The third kappa shape index (κ3) is 3.10. The van der Waals surface area contributed by atoms with Crippen LogP contribution in [-0.4, -0.2) is 30.3 Å². The average molecular weight is 232 g/mol. The molecule has 0 N–H and O–H groups in total. The van der Waals surface area contributed by atoms with Gasteiger partial charge in [0.15, 0.2) is 0 Å². The van der Waals surface area contributed by atoms with Gasteiger partial charge in [-0.1, -0.05) is 26.7 Å². The fraction of sp³-hybridized carbons (Fsp3) is 0.917. The van der Waals surface area contributed by atoms with Crippen LogP contribution >= 0.6 is 11.6 Å². The van der Waals surface area contributed by atoms with Crippen LogP contribution in [0.15, 0.2) is 0 Å². The molecule has 0 spiro atoms. The molecule has 0 saturated heterocycles. The van der Waals surface area contributed by atoms with Gasteiger partial charge in [-0.2, -0.15) is 0 Å². The normalized spacial score (nSPS) is 24.9. The molecule has 1 aliphatic rings. The highest BCUT2D eigenvalue weighted by molar-refractivity contribution is 6.18. The third-order valence-corrected chi connectivity index (χ3v) is 3.77. The standard InChI is InChI=1S/C12H22ClNO/c1-12(2)7-5-4-6-10(12)11(15)14(3)9-8-13/h10H,4-9H2,1-3H3. The fourth-order valence-corrected chi connectivity index (χ4v) is 2.71. The molecule has 1 fully saturated rings. The molecule has 1 saturated carbocycles. The Kier molecular flexibility index (Phi) is 4.45. The van der Waals surface area contributed by atoms with E-state index in [0.717, 1.165) is 12.8 Å². The monoisotopic (exact) mass is 231 g/mol. The molecule has 1 unspecified atom stereocenters. The minimum absolute atomic E-state index is 0.163. The number of rotatable bonds is 3. The summed E-state index contributed by atoms with van der Waals surface area (Å²) >= 11 is 5.66. The predicted molar refractivity (Wildman–Crippen MR) is 64.1 cm³/mol. The van der Waals surface area contributed by atoms with E-state index in [1.165, 1.54) is 12.8 Å². The lowest BCUT2D eigenvalue weighted by Gasteiger charge is -2.39. The smallest absolute Gasteiger partial charge is 0.225 e. The zero-order valence-electron chi connectivity index (χ0n) is 10.1. The van der Waals surface area contributed by atoms with Gasteiger partial charge in [-0.15, -0.1) is 11.6 Å². The summed E-state index contributed by atoms with van der Waals surface area (Å²) in [5.74, 6) is 0.995. The summed E-state index contributed by atoms with van der Waals surface area (Å²) in [5.41, 5.74) is 0.163. The number of alkyl halides is 1. The van der Waals surface area contributed by atoms with Crippen molar-refractivity contribution in [3.05, 3.63) is 0 Å². The van der Waals surface area contributed by atoms with Crippen LogP contribution in [0.1, 0.15) is 39.5 Å². The Hall–Kier alpha value is -0.240. The molecule has 0 aromatic heterocycles. The van der Waals surface area contributed by atoms with E-state index in [1.54, 1.807) is 4.90 Å². The van der Waals surface area contributed by atoms with Crippen molar-refractivity contribution in [2.75, 3.05) is 19.5 Å². The predicted octanol–water partition coefficient (Wildman–Crippen LogP) is 2.90. The van der Waals surface area contributed by atoms with Gasteiger partial charge in [0, 0.05) is 25.4 Å². The molecule has 3 heteroatoms. The number of hydrogen-bond donors (Lipinski definition) is 0. The minimum Gasteiger partial charge on any atom is -0.344 e. The van der Waals surface area contributed by atoms with Crippen LogP contribution in [0, 0.1) is 11.3 Å². The Morgan fingerprint density at radius 3 is 2.67 bits per heavy atom. The summed E-state index contributed by atoms with van der Waals surface area (Å²) in [5, 5.41) is 0. The third-order valence-electron chi connectivity index (χ3n) is 3.60. The second-order valence-electron chi connectivity index (χ2n) is 5.24. The lowest BCUT2D eigenvalue weighted by Crippen LogP contribution is -2.42. The quantitative estimate of drug-likeness (QED) is 0.684. The molecule has 15 heavy (non-hydrogen) atoms. The highest BCUT2D eigenvalue weighted by Crippen LogP contribution is 2.41. The van der Waals surface area contributed by atoms with Crippen molar-refractivity contribution in [3.63, 3.8) is 0 Å². The van der Waals surface area contributed by atoms with Crippen molar-refractivity contribution < 1.29 is 4.79 Å². The molecule has 0 aromatic carbocycles. The summed E-state index contributed by atoms with van der Waals surface area (Å²) in [6.07, 6.45) is 4.65. The van der Waals surface area contributed by atoms with E-state index >= 15 is 0 Å². The van der Waals surface area contributed by atoms with Gasteiger partial charge in [-0.05, 0) is 18.3 Å². The Bertz CT molecular complexity index is 228. The first-order valence-corrected chi connectivity index (χ1v) is 6.33. The fourth-order valence-electron chi connectivity index (χ4n) is 2.45. The molecular weight excluding hydrogens is 210 g/mol. The summed E-state index contributed by atoms with van der Waals surface area (Å²) < 4.78 is 0. The molecule has 1 amide bonds. The van der Waals surface area contributed by atoms with Crippen molar-refractivity contribution >= 4 is 17.5 Å². The summed E-state index contributed by atoms with van der Waals surface area (Å²) in [4.78, 5) is 14.0. The van der Waals surface area contributed by atoms with Gasteiger partial charge < -0.3 is 4.90 Å². The maximum absolute atomic E-state index is 12.2. The van der Waals surface area contributed by atoms with Crippen LogP contribution in [0.25, 0.3) is 0 Å². The number of amides is 1. The van der Waals surface area contributed by atoms with Crippen LogP contribution in [0.4, 0.5) is 0 Å². The Labute approximate surface area is 98.0 Å². The first kappa shape index (κ1) is 12.8. The first-order chi connectivity index (χ1) is 6.99.